The van der Waals surface area contributed by atoms with E-state index in [9.17, 15) is 4.79 Å². The van der Waals surface area contributed by atoms with Crippen molar-refractivity contribution < 1.29 is 9.53 Å². The van der Waals surface area contributed by atoms with Crippen molar-refractivity contribution >= 4 is 17.6 Å². The molecule has 0 spiro atoms. The van der Waals surface area contributed by atoms with E-state index >= 15 is 0 Å². The number of carbonyl (C=O) groups is 1. The highest BCUT2D eigenvalue weighted by atomic mass is 35.5. The summed E-state index contributed by atoms with van der Waals surface area (Å²) in [7, 11) is 0. The van der Waals surface area contributed by atoms with Crippen LogP contribution in [0.4, 0.5) is 0 Å². The lowest BCUT2D eigenvalue weighted by atomic mass is 9.98. The fraction of sp³-hybridized carbons (Fsp3) is 0.533. The molecule has 1 saturated heterocycles. The topological polar surface area (TPSA) is 38.3 Å². The first-order valence-corrected chi connectivity index (χ1v) is 7.05. The van der Waals surface area contributed by atoms with E-state index in [1.807, 2.05) is 38.1 Å². The lowest BCUT2D eigenvalue weighted by Gasteiger charge is -2.27. The lowest BCUT2D eigenvalue weighted by molar-refractivity contribution is -0.158. The van der Waals surface area contributed by atoms with Gasteiger partial charge >= 0.3 is 5.97 Å². The largest absolute Gasteiger partial charge is 0.458 e. The highest BCUT2D eigenvalue weighted by Gasteiger charge is 2.30. The zero-order chi connectivity index (χ0) is 13.9. The molecule has 104 valence electrons. The first-order chi connectivity index (χ1) is 8.96. The molecule has 1 aliphatic heterocycles. The fourth-order valence-electron chi connectivity index (χ4n) is 2.36. The highest BCUT2D eigenvalue weighted by molar-refractivity contribution is 6.30. The van der Waals surface area contributed by atoms with E-state index in [1.54, 1.807) is 0 Å². The second-order valence-electron chi connectivity index (χ2n) is 5.63. The van der Waals surface area contributed by atoms with E-state index in [0.717, 1.165) is 24.9 Å². The maximum atomic E-state index is 12.0. The highest BCUT2D eigenvalue weighted by Crippen LogP contribution is 2.20. The normalized spacial score (nSPS) is 19.4. The summed E-state index contributed by atoms with van der Waals surface area (Å²) >= 11 is 5.86. The number of benzene rings is 1. The predicted octanol–water partition coefficient (Wildman–Crippen LogP) is 2.96. The van der Waals surface area contributed by atoms with Gasteiger partial charge in [0.05, 0.1) is 0 Å². The van der Waals surface area contributed by atoms with Crippen molar-refractivity contribution in [2.24, 2.45) is 0 Å². The minimum atomic E-state index is -0.505. The summed E-state index contributed by atoms with van der Waals surface area (Å²) in [6, 6.07) is 7.50. The van der Waals surface area contributed by atoms with Crippen LogP contribution in [0, 0.1) is 0 Å². The van der Waals surface area contributed by atoms with Crippen LogP contribution >= 0.6 is 11.6 Å². The Kier molecular flexibility index (Phi) is 4.48. The van der Waals surface area contributed by atoms with Gasteiger partial charge in [-0.1, -0.05) is 23.7 Å². The maximum absolute atomic E-state index is 12.0. The fourth-order valence-corrected chi connectivity index (χ4v) is 2.49. The molecule has 0 amide bonds. The van der Waals surface area contributed by atoms with Crippen molar-refractivity contribution in [1.29, 1.82) is 0 Å². The Morgan fingerprint density at radius 1 is 1.42 bits per heavy atom. The van der Waals surface area contributed by atoms with Crippen LogP contribution in [0.25, 0.3) is 0 Å². The van der Waals surface area contributed by atoms with Gasteiger partial charge in [0.1, 0.15) is 11.6 Å². The third kappa shape index (κ3) is 4.22. The van der Waals surface area contributed by atoms with Gasteiger partial charge in [-0.15, -0.1) is 0 Å². The average Bonchev–Trinajstić information content (AvgIpc) is 2.85. The number of carbonyl (C=O) groups excluding carboxylic acids is 1. The summed E-state index contributed by atoms with van der Waals surface area (Å²) in [5.41, 5.74) is 0.608. The van der Waals surface area contributed by atoms with E-state index < -0.39 is 5.60 Å². The van der Waals surface area contributed by atoms with Gasteiger partial charge in [-0.2, -0.15) is 0 Å². The lowest BCUT2D eigenvalue weighted by Crippen LogP contribution is -2.39. The third-order valence-corrected chi connectivity index (χ3v) is 3.52. The Morgan fingerprint density at radius 2 is 2.11 bits per heavy atom. The Balaban J connectivity index is 1.93. The molecule has 1 N–H and O–H groups in total. The van der Waals surface area contributed by atoms with Crippen LogP contribution in [0.2, 0.25) is 5.02 Å². The average molecular weight is 282 g/mol. The van der Waals surface area contributed by atoms with Gasteiger partial charge in [0.2, 0.25) is 0 Å². The van der Waals surface area contributed by atoms with Gasteiger partial charge in [0.25, 0.3) is 0 Å². The minimum Gasteiger partial charge on any atom is -0.458 e. The Labute approximate surface area is 119 Å². The Morgan fingerprint density at radius 3 is 2.68 bits per heavy atom. The number of rotatable bonds is 4. The number of halogens is 1. The molecule has 0 saturated carbocycles. The molecule has 1 fully saturated rings. The number of esters is 1. The van der Waals surface area contributed by atoms with Crippen molar-refractivity contribution in [3.63, 3.8) is 0 Å². The van der Waals surface area contributed by atoms with Crippen LogP contribution in [0.5, 0.6) is 0 Å². The summed E-state index contributed by atoms with van der Waals surface area (Å²) in [6.45, 7) is 4.78. The Bertz CT molecular complexity index is 436. The monoisotopic (exact) mass is 281 g/mol. The molecule has 0 aromatic heterocycles. The summed E-state index contributed by atoms with van der Waals surface area (Å²) in [5, 5.41) is 3.87. The van der Waals surface area contributed by atoms with Crippen LogP contribution < -0.4 is 5.32 Å². The number of hydrogen-bond donors (Lipinski definition) is 1. The molecule has 1 aromatic carbocycles. The smallest absolute Gasteiger partial charge is 0.323 e. The molecule has 1 aromatic rings. The summed E-state index contributed by atoms with van der Waals surface area (Å²) in [5.74, 6) is -0.142. The first kappa shape index (κ1) is 14.4. The van der Waals surface area contributed by atoms with Crippen LogP contribution in [0.3, 0.4) is 0 Å². The van der Waals surface area contributed by atoms with Crippen molar-refractivity contribution in [1.82, 2.24) is 5.32 Å². The van der Waals surface area contributed by atoms with Crippen molar-refractivity contribution in [2.75, 3.05) is 6.54 Å². The first-order valence-electron chi connectivity index (χ1n) is 6.67. The Hall–Kier alpha value is -1.06. The molecule has 3 nitrogen and oxygen atoms in total. The molecule has 19 heavy (non-hydrogen) atoms. The minimum absolute atomic E-state index is 0.135. The molecule has 1 atom stereocenters. The quantitative estimate of drug-likeness (QED) is 0.863. The summed E-state index contributed by atoms with van der Waals surface area (Å²) in [6.07, 6.45) is 2.59. The number of nitrogens with one attached hydrogen (secondary N) is 1. The van der Waals surface area contributed by atoms with Crippen molar-refractivity contribution in [3.05, 3.63) is 34.9 Å². The van der Waals surface area contributed by atoms with E-state index in [2.05, 4.69) is 5.32 Å². The van der Waals surface area contributed by atoms with Gasteiger partial charge in [-0.05, 0) is 50.9 Å². The summed E-state index contributed by atoms with van der Waals surface area (Å²) in [4.78, 5) is 12.0. The summed E-state index contributed by atoms with van der Waals surface area (Å²) < 4.78 is 5.62. The van der Waals surface area contributed by atoms with Crippen molar-refractivity contribution in [3.8, 4) is 0 Å². The standard InChI is InChI=1S/C15H20ClNO2/c1-15(2,10-11-5-7-12(16)8-6-11)19-14(18)13-4-3-9-17-13/h5-8,13,17H,3-4,9-10H2,1-2H3. The van der Waals surface area contributed by atoms with E-state index in [-0.39, 0.29) is 12.0 Å². The van der Waals surface area contributed by atoms with Gasteiger partial charge in [0, 0.05) is 11.4 Å². The zero-order valence-electron chi connectivity index (χ0n) is 11.4. The molecule has 2 rings (SSSR count). The van der Waals surface area contributed by atoms with E-state index in [0.29, 0.717) is 11.4 Å². The van der Waals surface area contributed by atoms with Crippen LogP contribution in [-0.2, 0) is 16.0 Å². The second-order valence-corrected chi connectivity index (χ2v) is 6.07. The molecule has 0 radical (unpaired) electrons. The van der Waals surface area contributed by atoms with Gasteiger partial charge in [0.15, 0.2) is 0 Å². The van der Waals surface area contributed by atoms with E-state index in [4.69, 9.17) is 16.3 Å². The molecule has 1 unspecified atom stereocenters. The maximum Gasteiger partial charge on any atom is 0.323 e. The molecule has 4 heteroatoms. The van der Waals surface area contributed by atoms with Crippen LogP contribution in [-0.4, -0.2) is 24.2 Å². The SMILES string of the molecule is CC(C)(Cc1ccc(Cl)cc1)OC(=O)C1CCCN1. The molecular formula is C15H20ClNO2. The van der Waals surface area contributed by atoms with Gasteiger partial charge in [-0.25, -0.2) is 0 Å². The van der Waals surface area contributed by atoms with Gasteiger partial charge < -0.3 is 10.1 Å². The molecule has 0 aliphatic carbocycles. The van der Waals surface area contributed by atoms with Crippen LogP contribution in [0.15, 0.2) is 24.3 Å². The predicted molar refractivity (Wildman–Crippen MR) is 76.4 cm³/mol. The molecule has 1 aliphatic rings. The second kappa shape index (κ2) is 5.93. The molecular weight excluding hydrogens is 262 g/mol. The zero-order valence-corrected chi connectivity index (χ0v) is 12.2. The molecule has 0 bridgehead atoms. The van der Waals surface area contributed by atoms with Crippen LogP contribution in [0.1, 0.15) is 32.3 Å². The molecule has 1 heterocycles. The van der Waals surface area contributed by atoms with Gasteiger partial charge in [-0.3, -0.25) is 4.79 Å². The third-order valence-electron chi connectivity index (χ3n) is 3.26. The number of ether oxygens (including phenoxy) is 1. The number of hydrogen-bond acceptors (Lipinski definition) is 3. The van der Waals surface area contributed by atoms with E-state index in [1.165, 1.54) is 0 Å². The van der Waals surface area contributed by atoms with Crippen molar-refractivity contribution in [2.45, 2.75) is 44.8 Å².